The van der Waals surface area contributed by atoms with Crippen LogP contribution in [0.25, 0.3) is 0 Å². The molecule has 1 rings (SSSR count). The van der Waals surface area contributed by atoms with Crippen molar-refractivity contribution in [3.8, 4) is 0 Å². The van der Waals surface area contributed by atoms with Crippen molar-refractivity contribution in [1.29, 1.82) is 0 Å². The number of halogens is 2. The Bertz CT molecular complexity index is 369. The lowest BCUT2D eigenvalue weighted by Gasteiger charge is -2.16. The number of hydrogen-bond acceptors (Lipinski definition) is 3. The van der Waals surface area contributed by atoms with Gasteiger partial charge in [0.2, 0.25) is 0 Å². The predicted octanol–water partition coefficient (Wildman–Crippen LogP) is 2.86. The van der Waals surface area contributed by atoms with Crippen molar-refractivity contribution >= 4 is 0 Å². The van der Waals surface area contributed by atoms with Crippen LogP contribution >= 0.6 is 0 Å². The topological polar surface area (TPSA) is 47.3 Å². The third kappa shape index (κ3) is 6.41. The summed E-state index contributed by atoms with van der Waals surface area (Å²) in [5.74, 6) is 6.00. The first-order valence-corrected chi connectivity index (χ1v) is 6.93. The maximum atomic E-state index is 11.9. The van der Waals surface area contributed by atoms with Crippen LogP contribution in [0.2, 0.25) is 0 Å². The number of hydrogen-bond donors (Lipinski definition) is 2. The van der Waals surface area contributed by atoms with Gasteiger partial charge in [-0.1, -0.05) is 38.1 Å². The number of nitrogens with one attached hydrogen (secondary N) is 1. The average Bonchev–Trinajstić information content (AvgIpc) is 2.42. The van der Waals surface area contributed by atoms with Crippen LogP contribution in [-0.4, -0.2) is 25.7 Å². The molecule has 1 unspecified atom stereocenters. The second-order valence-electron chi connectivity index (χ2n) is 5.22. The van der Waals surface area contributed by atoms with E-state index in [1.165, 1.54) is 11.1 Å². The SMILES string of the molecule is CC(C)c1ccc(CC(CCOCC(F)F)NN)cc1. The van der Waals surface area contributed by atoms with Crippen LogP contribution in [0.1, 0.15) is 37.3 Å². The highest BCUT2D eigenvalue weighted by atomic mass is 19.3. The molecular weight excluding hydrogens is 262 g/mol. The second kappa shape index (κ2) is 9.00. The molecule has 0 aliphatic heterocycles. The average molecular weight is 286 g/mol. The minimum atomic E-state index is -2.41. The third-order valence-corrected chi connectivity index (χ3v) is 3.22. The Kier molecular flexibility index (Phi) is 7.65. The van der Waals surface area contributed by atoms with E-state index in [1.807, 2.05) is 0 Å². The van der Waals surface area contributed by atoms with Crippen molar-refractivity contribution in [3.05, 3.63) is 35.4 Å². The molecular formula is C15H24F2N2O. The molecule has 0 radical (unpaired) electrons. The first kappa shape index (κ1) is 17.0. The highest BCUT2D eigenvalue weighted by Gasteiger charge is 2.09. The van der Waals surface area contributed by atoms with Crippen molar-refractivity contribution in [3.63, 3.8) is 0 Å². The van der Waals surface area contributed by atoms with Crippen molar-refractivity contribution in [1.82, 2.24) is 5.43 Å². The van der Waals surface area contributed by atoms with E-state index in [9.17, 15) is 8.78 Å². The van der Waals surface area contributed by atoms with Crippen molar-refractivity contribution in [2.45, 2.75) is 45.1 Å². The minimum Gasteiger partial charge on any atom is -0.375 e. The zero-order valence-electron chi connectivity index (χ0n) is 12.1. The molecule has 0 aromatic heterocycles. The van der Waals surface area contributed by atoms with Crippen LogP contribution < -0.4 is 11.3 Å². The number of alkyl halides is 2. The number of ether oxygens (including phenoxy) is 1. The second-order valence-corrected chi connectivity index (χ2v) is 5.22. The lowest BCUT2D eigenvalue weighted by molar-refractivity contribution is 0.0144. The minimum absolute atomic E-state index is 0.0255. The Morgan fingerprint density at radius 1 is 1.20 bits per heavy atom. The Balaban J connectivity index is 2.39. The Morgan fingerprint density at radius 3 is 2.35 bits per heavy atom. The zero-order chi connectivity index (χ0) is 15.0. The molecule has 3 nitrogen and oxygen atoms in total. The normalized spacial score (nSPS) is 13.2. The van der Waals surface area contributed by atoms with Gasteiger partial charge in [-0.3, -0.25) is 11.3 Å². The summed E-state index contributed by atoms with van der Waals surface area (Å²) in [5, 5.41) is 0. The zero-order valence-corrected chi connectivity index (χ0v) is 12.1. The van der Waals surface area contributed by atoms with Crippen molar-refractivity contribution in [2.24, 2.45) is 5.84 Å². The van der Waals surface area contributed by atoms with E-state index in [2.05, 4.69) is 43.5 Å². The van der Waals surface area contributed by atoms with Gasteiger partial charge in [0.25, 0.3) is 6.43 Å². The summed E-state index contributed by atoms with van der Waals surface area (Å²) in [7, 11) is 0. The molecule has 0 amide bonds. The number of rotatable bonds is 9. The summed E-state index contributed by atoms with van der Waals surface area (Å²) >= 11 is 0. The molecule has 114 valence electrons. The molecule has 1 atom stereocenters. The molecule has 20 heavy (non-hydrogen) atoms. The summed E-state index contributed by atoms with van der Waals surface area (Å²) in [6, 6.07) is 8.42. The van der Waals surface area contributed by atoms with Crippen LogP contribution in [0.4, 0.5) is 8.78 Å². The molecule has 0 saturated carbocycles. The molecule has 3 N–H and O–H groups in total. The van der Waals surface area contributed by atoms with Crippen LogP contribution in [0.3, 0.4) is 0 Å². The smallest absolute Gasteiger partial charge is 0.261 e. The van der Waals surface area contributed by atoms with Crippen molar-refractivity contribution < 1.29 is 13.5 Å². The molecule has 0 saturated heterocycles. The molecule has 1 aromatic rings. The molecule has 0 bridgehead atoms. The van der Waals surface area contributed by atoms with E-state index >= 15 is 0 Å². The maximum Gasteiger partial charge on any atom is 0.261 e. The van der Waals surface area contributed by atoms with Gasteiger partial charge in [-0.05, 0) is 29.9 Å². The highest BCUT2D eigenvalue weighted by molar-refractivity contribution is 5.25. The Hall–Kier alpha value is -1.04. The monoisotopic (exact) mass is 286 g/mol. The fourth-order valence-corrected chi connectivity index (χ4v) is 1.97. The van der Waals surface area contributed by atoms with Gasteiger partial charge in [0.15, 0.2) is 0 Å². The van der Waals surface area contributed by atoms with Crippen LogP contribution in [0.15, 0.2) is 24.3 Å². The molecule has 1 aromatic carbocycles. The van der Waals surface area contributed by atoms with Gasteiger partial charge in [-0.25, -0.2) is 8.78 Å². The predicted molar refractivity (Wildman–Crippen MR) is 76.8 cm³/mol. The fraction of sp³-hybridized carbons (Fsp3) is 0.600. The standard InChI is InChI=1S/C15H24F2N2O/c1-11(2)13-5-3-12(4-6-13)9-14(19-18)7-8-20-10-15(16)17/h3-6,11,14-15,19H,7-10,18H2,1-2H3. The number of nitrogens with two attached hydrogens (primary N) is 1. The van der Waals surface area contributed by atoms with Gasteiger partial charge >= 0.3 is 0 Å². The fourth-order valence-electron chi connectivity index (χ4n) is 1.97. The Labute approximate surface area is 119 Å². The largest absolute Gasteiger partial charge is 0.375 e. The summed E-state index contributed by atoms with van der Waals surface area (Å²) in [6.45, 7) is 4.07. The highest BCUT2D eigenvalue weighted by Crippen LogP contribution is 2.15. The molecule has 0 spiro atoms. The van der Waals surface area contributed by atoms with E-state index < -0.39 is 13.0 Å². The lowest BCUT2D eigenvalue weighted by Crippen LogP contribution is -2.37. The van der Waals surface area contributed by atoms with Gasteiger partial charge in [0, 0.05) is 12.6 Å². The summed E-state index contributed by atoms with van der Waals surface area (Å²) < 4.78 is 28.7. The van der Waals surface area contributed by atoms with Gasteiger partial charge in [-0.15, -0.1) is 0 Å². The maximum absolute atomic E-state index is 11.9. The van der Waals surface area contributed by atoms with Crippen molar-refractivity contribution in [2.75, 3.05) is 13.2 Å². The van der Waals surface area contributed by atoms with Crippen LogP contribution in [0.5, 0.6) is 0 Å². The molecule has 5 heteroatoms. The number of hydrazine groups is 1. The van der Waals surface area contributed by atoms with E-state index in [-0.39, 0.29) is 12.6 Å². The summed E-state index contributed by atoms with van der Waals surface area (Å²) in [4.78, 5) is 0. The first-order chi connectivity index (χ1) is 9.52. The van der Waals surface area contributed by atoms with Gasteiger partial charge in [0.1, 0.15) is 6.61 Å². The van der Waals surface area contributed by atoms with Gasteiger partial charge in [0.05, 0.1) is 0 Å². The van der Waals surface area contributed by atoms with Gasteiger partial charge in [-0.2, -0.15) is 0 Å². The Morgan fingerprint density at radius 2 is 1.85 bits per heavy atom. The van der Waals surface area contributed by atoms with Crippen LogP contribution in [0, 0.1) is 0 Å². The quantitative estimate of drug-likeness (QED) is 0.417. The molecule has 0 fully saturated rings. The molecule has 0 aliphatic rings. The summed E-state index contributed by atoms with van der Waals surface area (Å²) in [6.07, 6.45) is -1.05. The van der Waals surface area contributed by atoms with Gasteiger partial charge < -0.3 is 4.74 Å². The van der Waals surface area contributed by atoms with E-state index in [0.717, 1.165) is 6.42 Å². The summed E-state index contributed by atoms with van der Waals surface area (Å²) in [5.41, 5.74) is 5.18. The number of benzene rings is 1. The molecule has 0 aliphatic carbocycles. The third-order valence-electron chi connectivity index (χ3n) is 3.22. The van der Waals surface area contributed by atoms with E-state index in [1.54, 1.807) is 0 Å². The first-order valence-electron chi connectivity index (χ1n) is 6.93. The molecule has 0 heterocycles. The van der Waals surface area contributed by atoms with Crippen LogP contribution in [-0.2, 0) is 11.2 Å². The van der Waals surface area contributed by atoms with E-state index in [4.69, 9.17) is 10.6 Å². The van der Waals surface area contributed by atoms with E-state index in [0.29, 0.717) is 12.3 Å². The lowest BCUT2D eigenvalue weighted by atomic mass is 9.98.